The van der Waals surface area contributed by atoms with E-state index in [1.807, 2.05) is 6.26 Å². The van der Waals surface area contributed by atoms with Crippen molar-refractivity contribution < 1.29 is 32.3 Å². The number of alkyl halides is 3. The summed E-state index contributed by atoms with van der Waals surface area (Å²) in [6, 6.07) is 5.05. The molecule has 0 atom stereocenters. The Morgan fingerprint density at radius 1 is 1.17 bits per heavy atom. The van der Waals surface area contributed by atoms with Crippen molar-refractivity contribution in [1.29, 1.82) is 0 Å². The van der Waals surface area contributed by atoms with Gasteiger partial charge in [-0.15, -0.1) is 11.8 Å². The van der Waals surface area contributed by atoms with Crippen LogP contribution in [0.5, 0.6) is 0 Å². The smallest absolute Gasteiger partial charge is 0.405 e. The van der Waals surface area contributed by atoms with Gasteiger partial charge in [0.05, 0.1) is 5.56 Å². The van der Waals surface area contributed by atoms with E-state index in [2.05, 4.69) is 4.74 Å². The van der Waals surface area contributed by atoms with E-state index >= 15 is 0 Å². The first-order valence-corrected chi connectivity index (χ1v) is 7.39. The van der Waals surface area contributed by atoms with Crippen LogP contribution in [0.4, 0.5) is 18.0 Å². The Morgan fingerprint density at radius 2 is 1.78 bits per heavy atom. The van der Waals surface area contributed by atoms with Crippen LogP contribution in [-0.4, -0.2) is 43.5 Å². The molecule has 0 radical (unpaired) electrons. The number of nitrogens with one attached hydrogen (secondary N) is 2. The van der Waals surface area contributed by atoms with E-state index in [0.717, 1.165) is 4.90 Å². The summed E-state index contributed by atoms with van der Waals surface area (Å²) in [6.07, 6.45) is -2.72. The lowest BCUT2D eigenvalue weighted by molar-refractivity contribution is -0.125. The molecule has 6 nitrogen and oxygen atoms in total. The van der Waals surface area contributed by atoms with Gasteiger partial charge >= 0.3 is 18.2 Å². The molecule has 0 aliphatic rings. The molecule has 10 heteroatoms. The fourth-order valence-corrected chi connectivity index (χ4v) is 1.74. The molecule has 23 heavy (non-hydrogen) atoms. The predicted octanol–water partition coefficient (Wildman–Crippen LogP) is 1.95. The number of halogens is 3. The molecule has 0 saturated heterocycles. The Kier molecular flexibility index (Phi) is 6.89. The number of hydrogen-bond acceptors (Lipinski definition) is 5. The lowest BCUT2D eigenvalue weighted by Crippen LogP contribution is -2.44. The van der Waals surface area contributed by atoms with E-state index in [0.29, 0.717) is 0 Å². The highest BCUT2D eigenvalue weighted by atomic mass is 32.2. The van der Waals surface area contributed by atoms with Gasteiger partial charge in [0, 0.05) is 4.90 Å². The molecule has 0 fully saturated rings. The SMILES string of the molecule is CSc1ccc(C(=O)OCC(=O)NC(=O)NCC(F)(F)F)cc1. The number of urea groups is 1. The van der Waals surface area contributed by atoms with Gasteiger partial charge in [-0.2, -0.15) is 13.2 Å². The Morgan fingerprint density at radius 3 is 2.30 bits per heavy atom. The molecule has 0 saturated carbocycles. The molecule has 1 aromatic rings. The van der Waals surface area contributed by atoms with Gasteiger partial charge in [0.1, 0.15) is 6.54 Å². The molecule has 0 spiro atoms. The second-order valence-electron chi connectivity index (χ2n) is 4.15. The second kappa shape index (κ2) is 8.42. The number of thioether (sulfide) groups is 1. The van der Waals surface area contributed by atoms with E-state index in [-0.39, 0.29) is 5.56 Å². The minimum atomic E-state index is -4.59. The molecule has 126 valence electrons. The van der Waals surface area contributed by atoms with Crippen molar-refractivity contribution in [1.82, 2.24) is 10.6 Å². The van der Waals surface area contributed by atoms with E-state index < -0.39 is 37.2 Å². The van der Waals surface area contributed by atoms with Crippen LogP contribution < -0.4 is 10.6 Å². The number of carbonyl (C=O) groups is 3. The summed E-state index contributed by atoms with van der Waals surface area (Å²) in [7, 11) is 0. The number of benzene rings is 1. The maximum absolute atomic E-state index is 11.9. The fourth-order valence-electron chi connectivity index (χ4n) is 1.33. The summed E-state index contributed by atoms with van der Waals surface area (Å²) in [4.78, 5) is 34.8. The van der Waals surface area contributed by atoms with Crippen molar-refractivity contribution >= 4 is 29.7 Å². The highest BCUT2D eigenvalue weighted by Gasteiger charge is 2.28. The van der Waals surface area contributed by atoms with Crippen molar-refractivity contribution in [3.8, 4) is 0 Å². The van der Waals surface area contributed by atoms with Crippen LogP contribution in [0.25, 0.3) is 0 Å². The van der Waals surface area contributed by atoms with Crippen LogP contribution in [0.3, 0.4) is 0 Å². The van der Waals surface area contributed by atoms with Gasteiger partial charge in [-0.05, 0) is 30.5 Å². The summed E-state index contributed by atoms with van der Waals surface area (Å²) >= 11 is 1.48. The molecule has 0 bridgehead atoms. The summed E-state index contributed by atoms with van der Waals surface area (Å²) in [5.74, 6) is -1.83. The van der Waals surface area contributed by atoms with Crippen molar-refractivity contribution in [3.63, 3.8) is 0 Å². The molecule has 0 heterocycles. The second-order valence-corrected chi connectivity index (χ2v) is 5.03. The molecule has 0 aliphatic heterocycles. The van der Waals surface area contributed by atoms with Crippen LogP contribution in [-0.2, 0) is 9.53 Å². The van der Waals surface area contributed by atoms with Gasteiger partial charge in [-0.25, -0.2) is 9.59 Å². The Labute approximate surface area is 133 Å². The zero-order chi connectivity index (χ0) is 17.5. The van der Waals surface area contributed by atoms with Gasteiger partial charge in [-0.3, -0.25) is 10.1 Å². The maximum Gasteiger partial charge on any atom is 0.405 e. The van der Waals surface area contributed by atoms with E-state index in [1.165, 1.54) is 29.2 Å². The van der Waals surface area contributed by atoms with Gasteiger partial charge in [0.2, 0.25) is 0 Å². The third-order valence-corrected chi connectivity index (χ3v) is 3.11. The molecule has 0 aliphatic carbocycles. The molecule has 1 rings (SSSR count). The Balaban J connectivity index is 2.37. The molecular weight excluding hydrogens is 337 g/mol. The average molecular weight is 350 g/mol. The lowest BCUT2D eigenvalue weighted by Gasteiger charge is -2.09. The van der Waals surface area contributed by atoms with Crippen LogP contribution >= 0.6 is 11.8 Å². The van der Waals surface area contributed by atoms with Gasteiger partial charge in [0.15, 0.2) is 6.61 Å². The monoisotopic (exact) mass is 350 g/mol. The van der Waals surface area contributed by atoms with Crippen LogP contribution in [0.15, 0.2) is 29.2 Å². The minimum absolute atomic E-state index is 0.206. The zero-order valence-electron chi connectivity index (χ0n) is 11.9. The number of imide groups is 1. The standard InChI is InChI=1S/C13H13F3N2O4S/c1-23-9-4-2-8(3-5-9)11(20)22-6-10(19)18-12(21)17-7-13(14,15)16/h2-5H,6-7H2,1H3,(H2,17,18,19,21). The Hall–Kier alpha value is -2.23. The largest absolute Gasteiger partial charge is 0.452 e. The van der Waals surface area contributed by atoms with Gasteiger partial charge < -0.3 is 10.1 Å². The van der Waals surface area contributed by atoms with Crippen molar-refractivity contribution in [3.05, 3.63) is 29.8 Å². The minimum Gasteiger partial charge on any atom is -0.452 e. The first kappa shape index (κ1) is 18.8. The Bertz CT molecular complexity index is 576. The summed E-state index contributed by atoms with van der Waals surface area (Å²) in [6.45, 7) is -2.36. The van der Waals surface area contributed by atoms with Gasteiger partial charge in [-0.1, -0.05) is 0 Å². The topological polar surface area (TPSA) is 84.5 Å². The van der Waals surface area contributed by atoms with Crippen molar-refractivity contribution in [2.75, 3.05) is 19.4 Å². The highest BCUT2D eigenvalue weighted by Crippen LogP contribution is 2.15. The van der Waals surface area contributed by atoms with Crippen molar-refractivity contribution in [2.45, 2.75) is 11.1 Å². The lowest BCUT2D eigenvalue weighted by atomic mass is 10.2. The first-order valence-electron chi connectivity index (χ1n) is 6.17. The number of ether oxygens (including phenoxy) is 1. The number of carbonyl (C=O) groups excluding carboxylic acids is 3. The molecule has 3 amide bonds. The van der Waals surface area contributed by atoms with Crippen LogP contribution in [0.2, 0.25) is 0 Å². The maximum atomic E-state index is 11.9. The first-order chi connectivity index (χ1) is 10.7. The molecule has 0 unspecified atom stereocenters. The summed E-state index contributed by atoms with van der Waals surface area (Å²) < 4.78 is 40.2. The third kappa shape index (κ3) is 7.54. The molecule has 1 aromatic carbocycles. The van der Waals surface area contributed by atoms with E-state index in [4.69, 9.17) is 0 Å². The fraction of sp³-hybridized carbons (Fsp3) is 0.308. The molecule has 0 aromatic heterocycles. The normalized spacial score (nSPS) is 10.8. The number of amides is 3. The van der Waals surface area contributed by atoms with Crippen LogP contribution in [0, 0.1) is 0 Å². The summed E-state index contributed by atoms with van der Waals surface area (Å²) in [5, 5.41) is 3.05. The van der Waals surface area contributed by atoms with Gasteiger partial charge in [0.25, 0.3) is 5.91 Å². The molecular formula is C13H13F3N2O4S. The molecule has 2 N–H and O–H groups in total. The van der Waals surface area contributed by atoms with Crippen molar-refractivity contribution in [2.24, 2.45) is 0 Å². The average Bonchev–Trinajstić information content (AvgIpc) is 2.50. The highest BCUT2D eigenvalue weighted by molar-refractivity contribution is 7.98. The predicted molar refractivity (Wildman–Crippen MR) is 76.1 cm³/mol. The third-order valence-electron chi connectivity index (χ3n) is 2.36. The summed E-state index contributed by atoms with van der Waals surface area (Å²) in [5.41, 5.74) is 0.206. The quantitative estimate of drug-likeness (QED) is 0.626. The van der Waals surface area contributed by atoms with Crippen LogP contribution in [0.1, 0.15) is 10.4 Å². The zero-order valence-corrected chi connectivity index (χ0v) is 12.7. The number of esters is 1. The van der Waals surface area contributed by atoms with E-state index in [1.54, 1.807) is 17.4 Å². The number of hydrogen-bond donors (Lipinski definition) is 2. The van der Waals surface area contributed by atoms with E-state index in [9.17, 15) is 27.6 Å². The number of rotatable bonds is 5.